The van der Waals surface area contributed by atoms with E-state index in [4.69, 9.17) is 0 Å². The molecule has 0 heteroatoms. The highest BCUT2D eigenvalue weighted by Gasteiger charge is 2.89. The molecule has 6 atom stereocenters. The lowest BCUT2D eigenvalue weighted by Gasteiger charge is -2.03. The Labute approximate surface area is 73.7 Å². The molecule has 5 fully saturated rings. The summed E-state index contributed by atoms with van der Waals surface area (Å²) in [4.78, 5) is 0. The van der Waals surface area contributed by atoms with Crippen molar-refractivity contribution in [2.45, 2.75) is 38.5 Å². The smallest absolute Gasteiger partial charge is 0.0198 e. The molecule has 0 aromatic carbocycles. The predicted molar refractivity (Wildman–Crippen MR) is 46.5 cm³/mol. The third kappa shape index (κ3) is 0.383. The normalized spacial score (nSPS) is 80.0. The van der Waals surface area contributed by atoms with Gasteiger partial charge in [0.25, 0.3) is 0 Å². The maximum atomic E-state index is 1.68. The SMILES string of the molecule is C1CC2CC23CC32CC2C2CC12. The minimum atomic E-state index is 1.01. The molecule has 12 heavy (non-hydrogen) atoms. The van der Waals surface area contributed by atoms with E-state index in [2.05, 4.69) is 0 Å². The van der Waals surface area contributed by atoms with E-state index in [9.17, 15) is 0 Å². The first-order valence-corrected chi connectivity index (χ1v) is 5.86. The molecule has 0 saturated heterocycles. The van der Waals surface area contributed by atoms with Gasteiger partial charge in [0, 0.05) is 0 Å². The summed E-state index contributed by atoms with van der Waals surface area (Å²) in [5, 5.41) is 0. The van der Waals surface area contributed by atoms with Crippen LogP contribution in [-0.4, -0.2) is 0 Å². The standard InChI is InChI=1S/C12H16/c1-2-8-4-11(8)6-12(11)5-10(12)9-3-7(1)9/h7-10H,1-6H2. The highest BCUT2D eigenvalue weighted by molar-refractivity contribution is 5.38. The minimum Gasteiger partial charge on any atom is -0.0499 e. The van der Waals surface area contributed by atoms with Crippen LogP contribution in [0.5, 0.6) is 0 Å². The molecular formula is C12H16. The van der Waals surface area contributed by atoms with Gasteiger partial charge in [-0.2, -0.15) is 0 Å². The topological polar surface area (TPSA) is 0 Å². The Morgan fingerprint density at radius 2 is 2.00 bits per heavy atom. The van der Waals surface area contributed by atoms with Crippen molar-refractivity contribution in [3.8, 4) is 0 Å². The molecule has 0 bridgehead atoms. The van der Waals surface area contributed by atoms with Crippen LogP contribution >= 0.6 is 0 Å². The van der Waals surface area contributed by atoms with Gasteiger partial charge in [-0.15, -0.1) is 0 Å². The molecule has 5 aliphatic rings. The first kappa shape index (κ1) is 5.67. The van der Waals surface area contributed by atoms with Gasteiger partial charge in [-0.25, -0.2) is 0 Å². The minimum absolute atomic E-state index is 1.01. The third-order valence-electron chi connectivity index (χ3n) is 6.24. The Balaban J connectivity index is 1.62. The van der Waals surface area contributed by atoms with Crippen molar-refractivity contribution in [1.29, 1.82) is 0 Å². The van der Waals surface area contributed by atoms with E-state index < -0.39 is 0 Å². The fourth-order valence-electron chi connectivity index (χ4n) is 5.29. The average Bonchev–Trinajstić information content (AvgIpc) is 2.87. The Kier molecular flexibility index (Phi) is 0.578. The van der Waals surface area contributed by atoms with E-state index in [1.165, 1.54) is 23.7 Å². The molecule has 5 aliphatic carbocycles. The van der Waals surface area contributed by atoms with Crippen molar-refractivity contribution in [2.24, 2.45) is 34.5 Å². The second-order valence-corrected chi connectivity index (χ2v) is 6.44. The second kappa shape index (κ2) is 1.22. The van der Waals surface area contributed by atoms with Gasteiger partial charge in [-0.1, -0.05) is 0 Å². The molecule has 5 rings (SSSR count). The molecule has 64 valence electrons. The van der Waals surface area contributed by atoms with Crippen LogP contribution in [-0.2, 0) is 0 Å². The quantitative estimate of drug-likeness (QED) is 0.511. The monoisotopic (exact) mass is 160 g/mol. The molecule has 6 unspecified atom stereocenters. The third-order valence-corrected chi connectivity index (χ3v) is 6.24. The first-order chi connectivity index (χ1) is 5.86. The number of hydrogen-bond donors (Lipinski definition) is 0. The summed E-state index contributed by atoms with van der Waals surface area (Å²) in [6, 6.07) is 0. The van der Waals surface area contributed by atoms with Gasteiger partial charge in [-0.05, 0) is 73.0 Å². The molecule has 0 nitrogen and oxygen atoms in total. The Morgan fingerprint density at radius 1 is 1.00 bits per heavy atom. The van der Waals surface area contributed by atoms with E-state index in [1.807, 2.05) is 0 Å². The van der Waals surface area contributed by atoms with Crippen molar-refractivity contribution in [1.82, 2.24) is 0 Å². The predicted octanol–water partition coefficient (Wildman–Crippen LogP) is 2.83. The fraction of sp³-hybridized carbons (Fsp3) is 1.00. The van der Waals surface area contributed by atoms with Gasteiger partial charge in [0.15, 0.2) is 0 Å². The van der Waals surface area contributed by atoms with E-state index in [0.717, 1.165) is 10.8 Å². The highest BCUT2D eigenvalue weighted by Crippen LogP contribution is 2.96. The summed E-state index contributed by atoms with van der Waals surface area (Å²) >= 11 is 0. The summed E-state index contributed by atoms with van der Waals surface area (Å²) in [6.07, 6.45) is 9.88. The lowest BCUT2D eigenvalue weighted by Crippen LogP contribution is -1.97. The van der Waals surface area contributed by atoms with Gasteiger partial charge in [0.2, 0.25) is 0 Å². The molecule has 0 amide bonds. The van der Waals surface area contributed by atoms with Crippen molar-refractivity contribution in [2.75, 3.05) is 0 Å². The molecule has 0 N–H and O–H groups in total. The van der Waals surface area contributed by atoms with Crippen LogP contribution in [0.4, 0.5) is 0 Å². The zero-order chi connectivity index (χ0) is 7.55. The van der Waals surface area contributed by atoms with Crippen LogP contribution in [0.3, 0.4) is 0 Å². The van der Waals surface area contributed by atoms with Crippen LogP contribution in [0.25, 0.3) is 0 Å². The van der Waals surface area contributed by atoms with Crippen molar-refractivity contribution in [3.63, 3.8) is 0 Å². The van der Waals surface area contributed by atoms with Gasteiger partial charge in [0.1, 0.15) is 0 Å². The molecule has 0 aromatic heterocycles. The maximum absolute atomic E-state index is 1.68. The van der Waals surface area contributed by atoms with Gasteiger partial charge >= 0.3 is 0 Å². The molecule has 0 aromatic rings. The highest BCUT2D eigenvalue weighted by atomic mass is 14.9. The summed E-state index contributed by atoms with van der Waals surface area (Å²) in [7, 11) is 0. The zero-order valence-corrected chi connectivity index (χ0v) is 7.55. The van der Waals surface area contributed by atoms with Crippen LogP contribution in [0, 0.1) is 34.5 Å². The van der Waals surface area contributed by atoms with Crippen molar-refractivity contribution >= 4 is 0 Å². The zero-order valence-electron chi connectivity index (χ0n) is 7.55. The number of rotatable bonds is 0. The summed E-state index contributed by atoms with van der Waals surface area (Å²) < 4.78 is 0. The lowest BCUT2D eigenvalue weighted by molar-refractivity contribution is 0.450. The average molecular weight is 160 g/mol. The molecule has 5 saturated carbocycles. The fourth-order valence-corrected chi connectivity index (χ4v) is 5.29. The van der Waals surface area contributed by atoms with E-state index in [-0.39, 0.29) is 0 Å². The molecular weight excluding hydrogens is 144 g/mol. The van der Waals surface area contributed by atoms with Crippen LogP contribution in [0.2, 0.25) is 0 Å². The van der Waals surface area contributed by atoms with E-state index >= 15 is 0 Å². The summed E-state index contributed by atoms with van der Waals surface area (Å²) in [5.74, 6) is 4.94. The maximum Gasteiger partial charge on any atom is -0.0198 e. The van der Waals surface area contributed by atoms with Gasteiger partial charge in [-0.3, -0.25) is 0 Å². The van der Waals surface area contributed by atoms with E-state index in [0.29, 0.717) is 0 Å². The second-order valence-electron chi connectivity index (χ2n) is 6.44. The summed E-state index contributed by atoms with van der Waals surface area (Å²) in [5.41, 5.74) is 2.02. The molecule has 0 aliphatic heterocycles. The Bertz CT molecular complexity index is 294. The summed E-state index contributed by atoms with van der Waals surface area (Å²) in [6.45, 7) is 0. The molecule has 2 spiro atoms. The van der Waals surface area contributed by atoms with Crippen molar-refractivity contribution in [3.05, 3.63) is 0 Å². The van der Waals surface area contributed by atoms with Gasteiger partial charge < -0.3 is 0 Å². The number of hydrogen-bond acceptors (Lipinski definition) is 0. The molecule has 0 radical (unpaired) electrons. The molecule has 0 heterocycles. The first-order valence-electron chi connectivity index (χ1n) is 5.86. The van der Waals surface area contributed by atoms with Crippen LogP contribution in [0.1, 0.15) is 38.5 Å². The number of fused-ring (bicyclic) bond motifs is 2. The lowest BCUT2D eigenvalue weighted by atomic mass is 10.0. The Hall–Kier alpha value is 0. The van der Waals surface area contributed by atoms with Crippen LogP contribution < -0.4 is 0 Å². The Morgan fingerprint density at radius 3 is 3.00 bits per heavy atom. The van der Waals surface area contributed by atoms with E-state index in [1.54, 1.807) is 38.5 Å². The van der Waals surface area contributed by atoms with Crippen LogP contribution in [0.15, 0.2) is 0 Å². The van der Waals surface area contributed by atoms with Gasteiger partial charge in [0.05, 0.1) is 0 Å². The van der Waals surface area contributed by atoms with Crippen molar-refractivity contribution < 1.29 is 0 Å². The largest absolute Gasteiger partial charge is 0.0499 e.